The number of ether oxygens (including phenoxy) is 2. The first-order valence-electron chi connectivity index (χ1n) is 7.60. The number of hydrogen-bond donors (Lipinski definition) is 1. The van der Waals surface area contributed by atoms with Crippen LogP contribution in [-0.4, -0.2) is 43.8 Å². The molecule has 0 spiro atoms. The van der Waals surface area contributed by atoms with Crippen LogP contribution in [0.1, 0.15) is 25.3 Å². The molecule has 0 aromatic heterocycles. The molecule has 5 heteroatoms. The summed E-state index contributed by atoms with van der Waals surface area (Å²) in [5.74, 6) is 0. The molecular formula is C16H24N2O3. The third kappa shape index (κ3) is 5.73. The van der Waals surface area contributed by atoms with Crippen LogP contribution in [-0.2, 0) is 16.1 Å². The second-order valence-electron chi connectivity index (χ2n) is 5.15. The lowest BCUT2D eigenvalue weighted by atomic mass is 10.2. The van der Waals surface area contributed by atoms with Crippen molar-refractivity contribution < 1.29 is 14.3 Å². The van der Waals surface area contributed by atoms with Crippen LogP contribution in [0.5, 0.6) is 0 Å². The van der Waals surface area contributed by atoms with Crippen LogP contribution in [0.2, 0.25) is 0 Å². The standard InChI is InChI=1S/C16H24N2O3/c1-2-20-13-14-6-5-7-15(12-14)17-16(19)21-11-10-18-8-3-4-9-18/h5-7,12H,2-4,8-11,13H2,1H3,(H,17,19). The predicted octanol–water partition coefficient (Wildman–Crippen LogP) is 2.87. The Morgan fingerprint density at radius 1 is 1.33 bits per heavy atom. The van der Waals surface area contributed by atoms with E-state index in [4.69, 9.17) is 9.47 Å². The van der Waals surface area contributed by atoms with E-state index < -0.39 is 6.09 Å². The molecule has 1 fully saturated rings. The zero-order chi connectivity index (χ0) is 14.9. The zero-order valence-electron chi connectivity index (χ0n) is 12.6. The van der Waals surface area contributed by atoms with Gasteiger partial charge in [0.2, 0.25) is 0 Å². The van der Waals surface area contributed by atoms with Crippen LogP contribution in [0.3, 0.4) is 0 Å². The van der Waals surface area contributed by atoms with Gasteiger partial charge in [-0.1, -0.05) is 12.1 Å². The summed E-state index contributed by atoms with van der Waals surface area (Å²) in [5.41, 5.74) is 1.77. The molecule has 1 amide bonds. The van der Waals surface area contributed by atoms with Crippen molar-refractivity contribution in [3.8, 4) is 0 Å². The first kappa shape index (κ1) is 15.8. The molecule has 0 unspecified atom stereocenters. The Hall–Kier alpha value is -1.59. The first-order valence-corrected chi connectivity index (χ1v) is 7.60. The highest BCUT2D eigenvalue weighted by Gasteiger charge is 2.11. The van der Waals surface area contributed by atoms with Gasteiger partial charge in [-0.15, -0.1) is 0 Å². The number of nitrogens with one attached hydrogen (secondary N) is 1. The van der Waals surface area contributed by atoms with Gasteiger partial charge in [-0.05, 0) is 50.6 Å². The fraction of sp³-hybridized carbons (Fsp3) is 0.562. The van der Waals surface area contributed by atoms with Gasteiger partial charge in [-0.25, -0.2) is 4.79 Å². The van der Waals surface area contributed by atoms with Gasteiger partial charge in [0.15, 0.2) is 0 Å². The van der Waals surface area contributed by atoms with Crippen molar-refractivity contribution in [1.29, 1.82) is 0 Å². The van der Waals surface area contributed by atoms with Gasteiger partial charge in [0.05, 0.1) is 6.61 Å². The maximum absolute atomic E-state index is 11.7. The van der Waals surface area contributed by atoms with Crippen LogP contribution in [0.25, 0.3) is 0 Å². The van der Waals surface area contributed by atoms with Crippen molar-refractivity contribution in [1.82, 2.24) is 4.90 Å². The number of anilines is 1. The molecule has 1 N–H and O–H groups in total. The summed E-state index contributed by atoms with van der Waals surface area (Å²) in [5, 5.41) is 2.75. The highest BCUT2D eigenvalue weighted by atomic mass is 16.5. The number of benzene rings is 1. The van der Waals surface area contributed by atoms with E-state index in [1.807, 2.05) is 31.2 Å². The summed E-state index contributed by atoms with van der Waals surface area (Å²) in [6, 6.07) is 7.61. The molecule has 21 heavy (non-hydrogen) atoms. The van der Waals surface area contributed by atoms with Gasteiger partial charge in [0.1, 0.15) is 6.61 Å². The van der Waals surface area contributed by atoms with E-state index in [1.165, 1.54) is 12.8 Å². The minimum Gasteiger partial charge on any atom is -0.448 e. The van der Waals surface area contributed by atoms with Gasteiger partial charge in [0.25, 0.3) is 0 Å². The molecule has 1 aliphatic heterocycles. The fourth-order valence-corrected chi connectivity index (χ4v) is 2.39. The van der Waals surface area contributed by atoms with Crippen molar-refractivity contribution in [3.63, 3.8) is 0 Å². The number of rotatable bonds is 7. The summed E-state index contributed by atoms with van der Waals surface area (Å²) in [6.07, 6.45) is 2.10. The molecule has 116 valence electrons. The van der Waals surface area contributed by atoms with Crippen molar-refractivity contribution in [2.75, 3.05) is 38.2 Å². The van der Waals surface area contributed by atoms with Crippen LogP contribution in [0.4, 0.5) is 10.5 Å². The molecule has 1 heterocycles. The Kier molecular flexibility index (Phi) is 6.50. The number of carbonyl (C=O) groups excluding carboxylic acids is 1. The number of carbonyl (C=O) groups is 1. The summed E-state index contributed by atoms with van der Waals surface area (Å²) >= 11 is 0. The maximum Gasteiger partial charge on any atom is 0.411 e. The molecule has 1 aromatic rings. The van der Waals surface area contributed by atoms with Gasteiger partial charge < -0.3 is 9.47 Å². The Bertz CT molecular complexity index is 445. The normalized spacial score (nSPS) is 15.1. The Morgan fingerprint density at radius 2 is 2.14 bits per heavy atom. The lowest BCUT2D eigenvalue weighted by Gasteiger charge is -2.14. The molecule has 5 nitrogen and oxygen atoms in total. The van der Waals surface area contributed by atoms with E-state index >= 15 is 0 Å². The van der Waals surface area contributed by atoms with E-state index in [9.17, 15) is 4.79 Å². The second kappa shape index (κ2) is 8.64. The van der Waals surface area contributed by atoms with Crippen LogP contribution < -0.4 is 5.32 Å². The average molecular weight is 292 g/mol. The zero-order valence-corrected chi connectivity index (χ0v) is 12.6. The first-order chi connectivity index (χ1) is 10.3. The molecule has 0 saturated carbocycles. The third-order valence-corrected chi connectivity index (χ3v) is 3.49. The molecule has 1 aliphatic rings. The topological polar surface area (TPSA) is 50.8 Å². The summed E-state index contributed by atoms with van der Waals surface area (Å²) in [6.45, 7) is 6.67. The van der Waals surface area contributed by atoms with Gasteiger partial charge >= 0.3 is 6.09 Å². The third-order valence-electron chi connectivity index (χ3n) is 3.49. The minimum absolute atomic E-state index is 0.400. The van der Waals surface area contributed by atoms with Crippen molar-refractivity contribution in [2.24, 2.45) is 0 Å². The predicted molar refractivity (Wildman–Crippen MR) is 82.4 cm³/mol. The molecule has 1 saturated heterocycles. The van der Waals surface area contributed by atoms with Crippen molar-refractivity contribution >= 4 is 11.8 Å². The minimum atomic E-state index is -0.400. The summed E-state index contributed by atoms with van der Waals surface area (Å²) in [4.78, 5) is 14.0. The monoisotopic (exact) mass is 292 g/mol. The smallest absolute Gasteiger partial charge is 0.411 e. The van der Waals surface area contributed by atoms with E-state index in [2.05, 4.69) is 10.2 Å². The van der Waals surface area contributed by atoms with Gasteiger partial charge in [0, 0.05) is 18.8 Å². The van der Waals surface area contributed by atoms with Gasteiger partial charge in [-0.3, -0.25) is 10.2 Å². The molecule has 0 radical (unpaired) electrons. The lowest BCUT2D eigenvalue weighted by molar-refractivity contribution is 0.134. The molecular weight excluding hydrogens is 268 g/mol. The molecule has 0 atom stereocenters. The highest BCUT2D eigenvalue weighted by Crippen LogP contribution is 2.12. The van der Waals surface area contributed by atoms with Crippen LogP contribution in [0.15, 0.2) is 24.3 Å². The highest BCUT2D eigenvalue weighted by molar-refractivity contribution is 5.84. The van der Waals surface area contributed by atoms with Gasteiger partial charge in [-0.2, -0.15) is 0 Å². The Morgan fingerprint density at radius 3 is 2.90 bits per heavy atom. The summed E-state index contributed by atoms with van der Waals surface area (Å²) in [7, 11) is 0. The van der Waals surface area contributed by atoms with Crippen LogP contribution >= 0.6 is 0 Å². The van der Waals surface area contributed by atoms with E-state index in [0.717, 1.165) is 30.9 Å². The number of likely N-dealkylation sites (tertiary alicyclic amines) is 1. The van der Waals surface area contributed by atoms with Crippen molar-refractivity contribution in [3.05, 3.63) is 29.8 Å². The maximum atomic E-state index is 11.7. The van der Waals surface area contributed by atoms with Crippen molar-refractivity contribution in [2.45, 2.75) is 26.4 Å². The van der Waals surface area contributed by atoms with E-state index in [1.54, 1.807) is 0 Å². The molecule has 0 bridgehead atoms. The second-order valence-corrected chi connectivity index (χ2v) is 5.15. The molecule has 1 aromatic carbocycles. The SMILES string of the molecule is CCOCc1cccc(NC(=O)OCCN2CCCC2)c1. The number of hydrogen-bond acceptors (Lipinski definition) is 4. The quantitative estimate of drug-likeness (QED) is 0.839. The Balaban J connectivity index is 1.71. The average Bonchev–Trinajstić information content (AvgIpc) is 2.99. The number of amides is 1. The molecule has 0 aliphatic carbocycles. The summed E-state index contributed by atoms with van der Waals surface area (Å²) < 4.78 is 10.6. The largest absolute Gasteiger partial charge is 0.448 e. The number of nitrogens with zero attached hydrogens (tertiary/aromatic N) is 1. The molecule has 2 rings (SSSR count). The Labute approximate surface area is 126 Å². The van der Waals surface area contributed by atoms with Crippen LogP contribution in [0, 0.1) is 0 Å². The lowest BCUT2D eigenvalue weighted by Crippen LogP contribution is -2.26. The van der Waals surface area contributed by atoms with E-state index in [0.29, 0.717) is 19.8 Å². The fourth-order valence-electron chi connectivity index (χ4n) is 2.39. The van der Waals surface area contributed by atoms with E-state index in [-0.39, 0.29) is 0 Å².